The first-order chi connectivity index (χ1) is 20.7. The van der Waals surface area contributed by atoms with E-state index in [4.69, 9.17) is 4.74 Å². The maximum absolute atomic E-state index is 13.1. The number of rotatable bonds is 8. The molecule has 0 bridgehead atoms. The number of hydrogen-bond donors (Lipinski definition) is 3. The van der Waals surface area contributed by atoms with Gasteiger partial charge in [0.1, 0.15) is 0 Å². The van der Waals surface area contributed by atoms with Gasteiger partial charge in [-0.25, -0.2) is 9.59 Å². The number of carbonyl (C=O) groups excluding carboxylic acids is 2. The normalized spacial score (nSPS) is 14.7. The average molecular weight is 625 g/mol. The van der Waals surface area contributed by atoms with Crippen LogP contribution in [0.1, 0.15) is 28.4 Å². The van der Waals surface area contributed by atoms with Crippen LogP contribution in [0, 0.1) is 0 Å². The Labute approximate surface area is 249 Å². The molecule has 4 rings (SSSR count). The lowest BCUT2D eigenvalue weighted by atomic mass is 9.91. The molecule has 14 heteroatoms. The minimum Gasteiger partial charge on any atom is -0.462 e. The van der Waals surface area contributed by atoms with Crippen molar-refractivity contribution in [2.75, 3.05) is 48.3 Å². The first-order valence-corrected chi connectivity index (χ1v) is 13.6. The van der Waals surface area contributed by atoms with Gasteiger partial charge in [-0.05, 0) is 61.0 Å². The maximum atomic E-state index is 13.1. The van der Waals surface area contributed by atoms with Crippen LogP contribution in [-0.4, -0.2) is 67.1 Å². The molecule has 1 fully saturated rings. The number of nitrogens with zero attached hydrogens (tertiary/aromatic N) is 2. The number of alkyl halides is 6. The number of urea groups is 1. The van der Waals surface area contributed by atoms with Crippen molar-refractivity contribution in [2.24, 2.45) is 0 Å². The first kappa shape index (κ1) is 32.6. The monoisotopic (exact) mass is 624 g/mol. The van der Waals surface area contributed by atoms with Gasteiger partial charge in [0.05, 0.1) is 12.2 Å². The Hall–Kier alpha value is -4.30. The molecule has 2 amide bonds. The molecule has 1 aliphatic rings. The van der Waals surface area contributed by atoms with E-state index in [0.717, 1.165) is 17.8 Å². The largest absolute Gasteiger partial charge is 0.462 e. The van der Waals surface area contributed by atoms with Crippen LogP contribution in [0.3, 0.4) is 0 Å². The van der Waals surface area contributed by atoms with E-state index < -0.39 is 35.5 Å². The minimum atomic E-state index is -5.93. The van der Waals surface area contributed by atoms with E-state index in [1.807, 2.05) is 17.0 Å². The summed E-state index contributed by atoms with van der Waals surface area (Å²) in [6, 6.07) is 16.6. The molecule has 1 saturated heterocycles. The lowest BCUT2D eigenvalue weighted by Gasteiger charge is -2.36. The van der Waals surface area contributed by atoms with E-state index in [1.54, 1.807) is 43.3 Å². The number of aliphatic hydroxyl groups is 1. The second-order valence-electron chi connectivity index (χ2n) is 10.1. The van der Waals surface area contributed by atoms with Gasteiger partial charge in [-0.3, -0.25) is 4.90 Å². The summed E-state index contributed by atoms with van der Waals surface area (Å²) >= 11 is 0. The van der Waals surface area contributed by atoms with Crippen LogP contribution >= 0.6 is 0 Å². The number of piperazine rings is 1. The summed E-state index contributed by atoms with van der Waals surface area (Å²) in [5.74, 6) is -0.449. The van der Waals surface area contributed by atoms with Gasteiger partial charge in [0.15, 0.2) is 0 Å². The van der Waals surface area contributed by atoms with Crippen LogP contribution in [0.15, 0.2) is 72.8 Å². The van der Waals surface area contributed by atoms with E-state index in [1.165, 1.54) is 0 Å². The molecule has 44 heavy (non-hydrogen) atoms. The number of ether oxygens (including phenoxy) is 1. The van der Waals surface area contributed by atoms with Crippen molar-refractivity contribution in [2.45, 2.75) is 31.4 Å². The zero-order valence-electron chi connectivity index (χ0n) is 23.5. The molecule has 0 saturated carbocycles. The second-order valence-corrected chi connectivity index (χ2v) is 10.1. The summed E-state index contributed by atoms with van der Waals surface area (Å²) in [7, 11) is 0. The van der Waals surface area contributed by atoms with Crippen molar-refractivity contribution in [1.82, 2.24) is 4.90 Å². The molecule has 1 heterocycles. The fourth-order valence-corrected chi connectivity index (χ4v) is 4.71. The summed E-state index contributed by atoms with van der Waals surface area (Å²) < 4.78 is 83.7. The number of halogens is 6. The highest BCUT2D eigenvalue weighted by Gasteiger charge is 2.71. The quantitative estimate of drug-likeness (QED) is 0.206. The van der Waals surface area contributed by atoms with Crippen LogP contribution in [-0.2, 0) is 16.9 Å². The van der Waals surface area contributed by atoms with Crippen molar-refractivity contribution in [3.8, 4) is 0 Å². The molecule has 0 aromatic heterocycles. The number of amides is 2. The Morgan fingerprint density at radius 1 is 0.773 bits per heavy atom. The van der Waals surface area contributed by atoms with E-state index in [9.17, 15) is 41.0 Å². The van der Waals surface area contributed by atoms with Gasteiger partial charge in [-0.1, -0.05) is 24.3 Å². The minimum absolute atomic E-state index is 0.261. The number of esters is 1. The first-order valence-electron chi connectivity index (χ1n) is 13.6. The Morgan fingerprint density at radius 3 is 1.75 bits per heavy atom. The molecule has 3 N–H and O–H groups in total. The summed E-state index contributed by atoms with van der Waals surface area (Å²) in [5, 5.41) is 15.0. The lowest BCUT2D eigenvalue weighted by molar-refractivity contribution is -0.376. The number of carbonyl (C=O) groups is 2. The highest BCUT2D eigenvalue weighted by atomic mass is 19.4. The van der Waals surface area contributed by atoms with Gasteiger partial charge >= 0.3 is 24.4 Å². The van der Waals surface area contributed by atoms with Crippen LogP contribution < -0.4 is 15.5 Å². The van der Waals surface area contributed by atoms with Gasteiger partial charge in [-0.15, -0.1) is 0 Å². The molecule has 236 valence electrons. The summed E-state index contributed by atoms with van der Waals surface area (Å²) in [5.41, 5.74) is -3.39. The molecular weight excluding hydrogens is 594 g/mol. The standard InChI is InChI=1S/C30H30F6N4O4/c1-2-44-26(41)21-5-9-23(10-6-21)37-27(42)38-24-11-13-25(14-12-24)40-17-15-39(16-18-40)19-20-3-7-22(8-4-20)28(43,29(31,32)33)30(34,35)36/h3-14,43H,2,15-19H2,1H3,(H2,37,38,42). The fourth-order valence-electron chi connectivity index (χ4n) is 4.71. The number of hydrogen-bond acceptors (Lipinski definition) is 6. The highest BCUT2D eigenvalue weighted by Crippen LogP contribution is 2.50. The summed E-state index contributed by atoms with van der Waals surface area (Å²) in [4.78, 5) is 28.3. The van der Waals surface area contributed by atoms with Crippen LogP contribution in [0.5, 0.6) is 0 Å². The number of nitrogens with one attached hydrogen (secondary N) is 2. The van der Waals surface area contributed by atoms with Crippen molar-refractivity contribution in [1.29, 1.82) is 0 Å². The van der Waals surface area contributed by atoms with Crippen LogP contribution in [0.25, 0.3) is 0 Å². The molecule has 0 spiro atoms. The van der Waals surface area contributed by atoms with Gasteiger partial charge in [-0.2, -0.15) is 26.3 Å². The fraction of sp³-hybridized carbons (Fsp3) is 0.333. The number of benzene rings is 3. The maximum Gasteiger partial charge on any atom is 0.430 e. The van der Waals surface area contributed by atoms with Crippen molar-refractivity contribution >= 4 is 29.1 Å². The van der Waals surface area contributed by atoms with E-state index in [0.29, 0.717) is 67.4 Å². The van der Waals surface area contributed by atoms with Gasteiger partial charge in [0.2, 0.25) is 0 Å². The predicted molar refractivity (Wildman–Crippen MR) is 151 cm³/mol. The molecular formula is C30H30F6N4O4. The van der Waals surface area contributed by atoms with Crippen molar-refractivity contribution in [3.63, 3.8) is 0 Å². The third-order valence-corrected chi connectivity index (χ3v) is 7.11. The second kappa shape index (κ2) is 13.1. The van der Waals surface area contributed by atoms with Gasteiger partial charge in [0, 0.05) is 55.3 Å². The van der Waals surface area contributed by atoms with E-state index in [-0.39, 0.29) is 6.61 Å². The third-order valence-electron chi connectivity index (χ3n) is 7.11. The van der Waals surface area contributed by atoms with E-state index >= 15 is 0 Å². The predicted octanol–water partition coefficient (Wildman–Crippen LogP) is 6.14. The molecule has 3 aromatic carbocycles. The van der Waals surface area contributed by atoms with Crippen LogP contribution in [0.4, 0.5) is 48.2 Å². The third kappa shape index (κ3) is 7.42. The number of anilines is 3. The Balaban J connectivity index is 1.26. The Kier molecular flexibility index (Phi) is 9.74. The summed E-state index contributed by atoms with van der Waals surface area (Å²) in [6.45, 7) is 4.71. The molecule has 1 aliphatic heterocycles. The van der Waals surface area contributed by atoms with Gasteiger partial charge in [0.25, 0.3) is 5.60 Å². The summed E-state index contributed by atoms with van der Waals surface area (Å²) in [6.07, 6.45) is -11.9. The molecule has 3 aromatic rings. The van der Waals surface area contributed by atoms with Crippen molar-refractivity contribution in [3.05, 3.63) is 89.5 Å². The molecule has 0 atom stereocenters. The topological polar surface area (TPSA) is 94.1 Å². The van der Waals surface area contributed by atoms with Gasteiger partial charge < -0.3 is 25.4 Å². The Morgan fingerprint density at radius 2 is 1.27 bits per heavy atom. The zero-order valence-corrected chi connectivity index (χ0v) is 23.5. The van der Waals surface area contributed by atoms with E-state index in [2.05, 4.69) is 15.5 Å². The molecule has 0 radical (unpaired) electrons. The lowest BCUT2D eigenvalue weighted by Crippen LogP contribution is -2.53. The van der Waals surface area contributed by atoms with Crippen LogP contribution in [0.2, 0.25) is 0 Å². The molecule has 0 aliphatic carbocycles. The molecule has 8 nitrogen and oxygen atoms in total. The zero-order chi connectivity index (χ0) is 32.1. The molecule has 0 unspecified atom stereocenters. The smallest absolute Gasteiger partial charge is 0.430 e. The Bertz CT molecular complexity index is 1410. The van der Waals surface area contributed by atoms with Crippen molar-refractivity contribution < 1.29 is 45.8 Å². The SMILES string of the molecule is CCOC(=O)c1ccc(NC(=O)Nc2ccc(N3CCN(Cc4ccc(C(O)(C(F)(F)F)C(F)(F)F)cc4)CC3)cc2)cc1. The average Bonchev–Trinajstić information content (AvgIpc) is 2.97. The highest BCUT2D eigenvalue weighted by molar-refractivity contribution is 6.00.